The molecule has 84 valence electrons. The van der Waals surface area contributed by atoms with Gasteiger partial charge in [-0.2, -0.15) is 5.10 Å². The summed E-state index contributed by atoms with van der Waals surface area (Å²) in [6.07, 6.45) is 0. The van der Waals surface area contributed by atoms with Gasteiger partial charge in [-0.15, -0.1) is 0 Å². The van der Waals surface area contributed by atoms with Gasteiger partial charge in [0.05, 0.1) is 11.4 Å². The van der Waals surface area contributed by atoms with Gasteiger partial charge in [-0.25, -0.2) is 0 Å². The summed E-state index contributed by atoms with van der Waals surface area (Å²) in [4.78, 5) is 0. The summed E-state index contributed by atoms with van der Waals surface area (Å²) in [7, 11) is 0. The number of rotatable bonds is 1. The number of hydrogen-bond donors (Lipinski definition) is 2. The van der Waals surface area contributed by atoms with Crippen molar-refractivity contribution in [3.05, 3.63) is 34.5 Å². The van der Waals surface area contributed by atoms with E-state index in [0.717, 1.165) is 22.6 Å². The molecule has 0 bridgehead atoms. The fourth-order valence-electron chi connectivity index (χ4n) is 2.18. The van der Waals surface area contributed by atoms with Gasteiger partial charge in [0, 0.05) is 5.56 Å². The van der Waals surface area contributed by atoms with E-state index in [0.29, 0.717) is 0 Å². The highest BCUT2D eigenvalue weighted by molar-refractivity contribution is 5.78. The molecule has 0 saturated carbocycles. The number of nitrogens with two attached hydrogens (primary N) is 1. The molecular formula is C13H17N3. The molecule has 0 atom stereocenters. The molecule has 0 aliphatic rings. The summed E-state index contributed by atoms with van der Waals surface area (Å²) in [5, 5.41) is 7.22. The Morgan fingerprint density at radius 2 is 1.62 bits per heavy atom. The molecule has 16 heavy (non-hydrogen) atoms. The standard InChI is InChI=1S/C13H17N3/c1-7-5-8(2)11(9(3)6-7)13-12(14)10(4)15-16-13/h5-6H,14H2,1-4H3,(H,15,16). The Balaban J connectivity index is 2.69. The zero-order valence-electron chi connectivity index (χ0n) is 10.2. The Morgan fingerprint density at radius 3 is 2.06 bits per heavy atom. The maximum absolute atomic E-state index is 6.02. The van der Waals surface area contributed by atoms with Crippen molar-refractivity contribution in [2.75, 3.05) is 5.73 Å². The van der Waals surface area contributed by atoms with Crippen LogP contribution >= 0.6 is 0 Å². The summed E-state index contributed by atoms with van der Waals surface area (Å²) in [5.74, 6) is 0. The molecule has 0 radical (unpaired) electrons. The van der Waals surface area contributed by atoms with Gasteiger partial charge in [-0.3, -0.25) is 5.10 Å². The molecule has 1 aromatic heterocycles. The number of aryl methyl sites for hydroxylation is 4. The SMILES string of the molecule is Cc1cc(C)c(-c2n[nH]c(C)c2N)c(C)c1. The van der Waals surface area contributed by atoms with Gasteiger partial charge in [-0.05, 0) is 38.8 Å². The molecule has 2 aromatic rings. The van der Waals surface area contributed by atoms with Crippen LogP contribution in [0.15, 0.2) is 12.1 Å². The predicted octanol–water partition coefficient (Wildman–Crippen LogP) is 2.89. The first-order chi connectivity index (χ1) is 7.50. The molecule has 2 rings (SSSR count). The monoisotopic (exact) mass is 215 g/mol. The molecule has 1 heterocycles. The van der Waals surface area contributed by atoms with E-state index in [2.05, 4.69) is 43.1 Å². The molecule has 3 N–H and O–H groups in total. The van der Waals surface area contributed by atoms with Gasteiger partial charge in [0.25, 0.3) is 0 Å². The van der Waals surface area contributed by atoms with E-state index in [-0.39, 0.29) is 0 Å². The van der Waals surface area contributed by atoms with Crippen molar-refractivity contribution in [1.82, 2.24) is 10.2 Å². The molecule has 1 aromatic carbocycles. The topological polar surface area (TPSA) is 54.7 Å². The lowest BCUT2D eigenvalue weighted by atomic mass is 9.96. The second-order valence-corrected chi connectivity index (χ2v) is 4.38. The van der Waals surface area contributed by atoms with Crippen molar-refractivity contribution in [2.24, 2.45) is 0 Å². The number of H-pyrrole nitrogens is 1. The average Bonchev–Trinajstić information content (AvgIpc) is 2.48. The van der Waals surface area contributed by atoms with Crippen molar-refractivity contribution in [2.45, 2.75) is 27.7 Å². The molecule has 3 nitrogen and oxygen atoms in total. The minimum atomic E-state index is 0.745. The Bertz CT molecular complexity index is 515. The number of aromatic nitrogens is 2. The van der Waals surface area contributed by atoms with Gasteiger partial charge in [0.1, 0.15) is 5.69 Å². The summed E-state index contributed by atoms with van der Waals surface area (Å²) < 4.78 is 0. The molecule has 0 fully saturated rings. The number of nitrogen functional groups attached to an aromatic ring is 1. The van der Waals surface area contributed by atoms with E-state index in [1.54, 1.807) is 0 Å². The van der Waals surface area contributed by atoms with E-state index >= 15 is 0 Å². The molecule has 0 aliphatic heterocycles. The van der Waals surface area contributed by atoms with Crippen molar-refractivity contribution < 1.29 is 0 Å². The third kappa shape index (κ3) is 1.58. The minimum absolute atomic E-state index is 0.745. The van der Waals surface area contributed by atoms with Crippen molar-refractivity contribution in [3.8, 4) is 11.3 Å². The summed E-state index contributed by atoms with van der Waals surface area (Å²) in [6.45, 7) is 8.23. The Kier molecular flexibility index (Phi) is 2.46. The van der Waals surface area contributed by atoms with Crippen molar-refractivity contribution >= 4 is 5.69 Å². The van der Waals surface area contributed by atoms with E-state index in [9.17, 15) is 0 Å². The number of aromatic amines is 1. The smallest absolute Gasteiger partial charge is 0.116 e. The first-order valence-electron chi connectivity index (χ1n) is 5.39. The lowest BCUT2D eigenvalue weighted by Crippen LogP contribution is -1.94. The maximum atomic E-state index is 6.02. The molecule has 0 unspecified atom stereocenters. The molecular weight excluding hydrogens is 198 g/mol. The van der Waals surface area contributed by atoms with Crippen LogP contribution in [0.4, 0.5) is 5.69 Å². The Morgan fingerprint density at radius 1 is 1.06 bits per heavy atom. The van der Waals surface area contributed by atoms with Crippen LogP contribution in [-0.2, 0) is 0 Å². The third-order valence-corrected chi connectivity index (χ3v) is 2.91. The second kappa shape index (κ2) is 3.67. The quantitative estimate of drug-likeness (QED) is 0.768. The number of nitrogens with one attached hydrogen (secondary N) is 1. The molecule has 0 spiro atoms. The lowest BCUT2D eigenvalue weighted by Gasteiger charge is -2.09. The van der Waals surface area contributed by atoms with Gasteiger partial charge in [0.15, 0.2) is 0 Å². The Labute approximate surface area is 95.7 Å². The number of anilines is 1. The zero-order chi connectivity index (χ0) is 11.9. The van der Waals surface area contributed by atoms with Gasteiger partial charge in [-0.1, -0.05) is 17.7 Å². The van der Waals surface area contributed by atoms with Crippen LogP contribution in [0.3, 0.4) is 0 Å². The molecule has 3 heteroatoms. The number of hydrogen-bond acceptors (Lipinski definition) is 2. The number of nitrogens with zero attached hydrogens (tertiary/aromatic N) is 1. The van der Waals surface area contributed by atoms with Gasteiger partial charge >= 0.3 is 0 Å². The van der Waals surface area contributed by atoms with Crippen molar-refractivity contribution in [3.63, 3.8) is 0 Å². The van der Waals surface area contributed by atoms with Crippen LogP contribution in [0.25, 0.3) is 11.3 Å². The van der Waals surface area contributed by atoms with E-state index < -0.39 is 0 Å². The predicted molar refractivity (Wildman–Crippen MR) is 67.4 cm³/mol. The second-order valence-electron chi connectivity index (χ2n) is 4.38. The van der Waals surface area contributed by atoms with E-state index in [4.69, 9.17) is 5.73 Å². The van der Waals surface area contributed by atoms with Crippen LogP contribution in [0.5, 0.6) is 0 Å². The van der Waals surface area contributed by atoms with Crippen LogP contribution in [0, 0.1) is 27.7 Å². The van der Waals surface area contributed by atoms with Crippen LogP contribution in [-0.4, -0.2) is 10.2 Å². The lowest BCUT2D eigenvalue weighted by molar-refractivity contribution is 1.05. The highest BCUT2D eigenvalue weighted by Gasteiger charge is 2.13. The van der Waals surface area contributed by atoms with Crippen LogP contribution in [0.1, 0.15) is 22.4 Å². The largest absolute Gasteiger partial charge is 0.395 e. The summed E-state index contributed by atoms with van der Waals surface area (Å²) in [5.41, 5.74) is 13.4. The summed E-state index contributed by atoms with van der Waals surface area (Å²) >= 11 is 0. The maximum Gasteiger partial charge on any atom is 0.116 e. The first kappa shape index (κ1) is 10.7. The van der Waals surface area contributed by atoms with Crippen LogP contribution in [0.2, 0.25) is 0 Å². The van der Waals surface area contributed by atoms with Gasteiger partial charge in [0.2, 0.25) is 0 Å². The number of benzene rings is 1. The molecule has 0 amide bonds. The average molecular weight is 215 g/mol. The fraction of sp³-hybridized carbons (Fsp3) is 0.308. The molecule has 0 saturated heterocycles. The third-order valence-electron chi connectivity index (χ3n) is 2.91. The van der Waals surface area contributed by atoms with Crippen LogP contribution < -0.4 is 5.73 Å². The highest BCUT2D eigenvalue weighted by atomic mass is 15.1. The minimum Gasteiger partial charge on any atom is -0.395 e. The molecule has 0 aliphatic carbocycles. The summed E-state index contributed by atoms with van der Waals surface area (Å²) in [6, 6.07) is 4.32. The normalized spacial score (nSPS) is 10.8. The van der Waals surface area contributed by atoms with Gasteiger partial charge < -0.3 is 5.73 Å². The zero-order valence-corrected chi connectivity index (χ0v) is 10.2. The van der Waals surface area contributed by atoms with E-state index in [1.807, 2.05) is 6.92 Å². The fourth-order valence-corrected chi connectivity index (χ4v) is 2.18. The van der Waals surface area contributed by atoms with Crippen molar-refractivity contribution in [1.29, 1.82) is 0 Å². The Hall–Kier alpha value is -1.77. The highest BCUT2D eigenvalue weighted by Crippen LogP contribution is 2.31. The first-order valence-corrected chi connectivity index (χ1v) is 5.39. The van der Waals surface area contributed by atoms with E-state index in [1.165, 1.54) is 16.7 Å².